The van der Waals surface area contributed by atoms with Crippen LogP contribution in [0.1, 0.15) is 66.7 Å². The van der Waals surface area contributed by atoms with E-state index in [1.165, 1.54) is 12.8 Å². The summed E-state index contributed by atoms with van der Waals surface area (Å²) in [6.45, 7) is 11.8. The molecule has 1 rings (SSSR count). The molecule has 0 aliphatic heterocycles. The molecule has 0 aromatic heterocycles. The van der Waals surface area contributed by atoms with Crippen molar-refractivity contribution in [3.05, 3.63) is 0 Å². The van der Waals surface area contributed by atoms with Crippen molar-refractivity contribution < 1.29 is 9.53 Å². The molecule has 0 radical (unpaired) electrons. The second-order valence-electron chi connectivity index (χ2n) is 7.05. The zero-order valence-corrected chi connectivity index (χ0v) is 14.0. The maximum atomic E-state index is 12.6. The Hall–Kier alpha value is -0.570. The predicted molar refractivity (Wildman–Crippen MR) is 83.3 cm³/mol. The first-order valence-corrected chi connectivity index (χ1v) is 8.24. The molecule has 0 aromatic rings. The molecule has 20 heavy (non-hydrogen) atoms. The summed E-state index contributed by atoms with van der Waals surface area (Å²) < 4.78 is 5.42. The van der Waals surface area contributed by atoms with Gasteiger partial charge >= 0.3 is 5.97 Å². The standard InChI is InChI=1S/C17H33NO2/c1-6-13-11-14(13)17(5,15(19)20-10-9-18)12-16(4,7-2)8-3/h13-14H,6-12,18H2,1-5H3. The van der Waals surface area contributed by atoms with E-state index in [1.807, 2.05) is 0 Å². The maximum Gasteiger partial charge on any atom is 0.312 e. The summed E-state index contributed by atoms with van der Waals surface area (Å²) in [4.78, 5) is 12.6. The maximum absolute atomic E-state index is 12.6. The average molecular weight is 283 g/mol. The Bertz CT molecular complexity index is 325. The number of carbonyl (C=O) groups is 1. The van der Waals surface area contributed by atoms with Gasteiger partial charge in [0.15, 0.2) is 0 Å². The molecular weight excluding hydrogens is 250 g/mol. The quantitative estimate of drug-likeness (QED) is 0.656. The number of nitrogens with two attached hydrogens (primary N) is 1. The van der Waals surface area contributed by atoms with Gasteiger partial charge in [0.05, 0.1) is 5.41 Å². The third-order valence-corrected chi connectivity index (χ3v) is 5.58. The van der Waals surface area contributed by atoms with Gasteiger partial charge in [-0.25, -0.2) is 0 Å². The fourth-order valence-corrected chi connectivity index (χ4v) is 3.54. The zero-order chi connectivity index (χ0) is 15.4. The van der Waals surface area contributed by atoms with E-state index in [-0.39, 0.29) is 16.8 Å². The lowest BCUT2D eigenvalue weighted by atomic mass is 9.67. The SMILES string of the molecule is CCC1CC1C(C)(CC(C)(CC)CC)C(=O)OCCN. The van der Waals surface area contributed by atoms with E-state index < -0.39 is 0 Å². The highest BCUT2D eigenvalue weighted by molar-refractivity contribution is 5.77. The van der Waals surface area contributed by atoms with Crippen LogP contribution >= 0.6 is 0 Å². The van der Waals surface area contributed by atoms with Gasteiger partial charge in [-0.15, -0.1) is 0 Å². The van der Waals surface area contributed by atoms with E-state index >= 15 is 0 Å². The zero-order valence-electron chi connectivity index (χ0n) is 14.0. The van der Waals surface area contributed by atoms with Gasteiger partial charge in [0, 0.05) is 6.54 Å². The minimum absolute atomic E-state index is 0.0305. The Kier molecular flexibility index (Phi) is 6.06. The van der Waals surface area contributed by atoms with Crippen molar-refractivity contribution in [2.75, 3.05) is 13.2 Å². The molecule has 1 aliphatic rings. The third-order valence-electron chi connectivity index (χ3n) is 5.58. The van der Waals surface area contributed by atoms with Crippen LogP contribution in [0.5, 0.6) is 0 Å². The molecule has 0 saturated heterocycles. The topological polar surface area (TPSA) is 52.3 Å². The van der Waals surface area contributed by atoms with Gasteiger partial charge in [0.1, 0.15) is 6.61 Å². The summed E-state index contributed by atoms with van der Waals surface area (Å²) in [6, 6.07) is 0. The molecule has 3 heteroatoms. The van der Waals surface area contributed by atoms with Crippen molar-refractivity contribution in [3.63, 3.8) is 0 Å². The Morgan fingerprint density at radius 3 is 2.25 bits per heavy atom. The van der Waals surface area contributed by atoms with E-state index in [0.717, 1.165) is 19.3 Å². The summed E-state index contributed by atoms with van der Waals surface area (Å²) >= 11 is 0. The Morgan fingerprint density at radius 2 is 1.85 bits per heavy atom. The molecule has 1 fully saturated rings. The molecule has 0 heterocycles. The van der Waals surface area contributed by atoms with E-state index in [4.69, 9.17) is 10.5 Å². The first-order valence-electron chi connectivity index (χ1n) is 8.24. The molecule has 0 spiro atoms. The third kappa shape index (κ3) is 3.75. The van der Waals surface area contributed by atoms with E-state index in [1.54, 1.807) is 0 Å². The number of esters is 1. The fraction of sp³-hybridized carbons (Fsp3) is 0.941. The molecule has 0 aromatic carbocycles. The molecular formula is C17H33NO2. The largest absolute Gasteiger partial charge is 0.464 e. The van der Waals surface area contributed by atoms with Crippen LogP contribution < -0.4 is 5.73 Å². The predicted octanol–water partition coefficient (Wildman–Crippen LogP) is 3.76. The highest BCUT2D eigenvalue weighted by atomic mass is 16.5. The highest BCUT2D eigenvalue weighted by Crippen LogP contribution is 2.57. The number of hydrogen-bond donors (Lipinski definition) is 1. The first kappa shape index (κ1) is 17.5. The van der Waals surface area contributed by atoms with Crippen molar-refractivity contribution in [3.8, 4) is 0 Å². The summed E-state index contributed by atoms with van der Waals surface area (Å²) in [5.74, 6) is 1.16. The van der Waals surface area contributed by atoms with E-state index in [0.29, 0.717) is 25.0 Å². The monoisotopic (exact) mass is 283 g/mol. The van der Waals surface area contributed by atoms with Crippen molar-refractivity contribution in [1.29, 1.82) is 0 Å². The minimum atomic E-state index is -0.337. The van der Waals surface area contributed by atoms with Gasteiger partial charge in [-0.2, -0.15) is 0 Å². The van der Waals surface area contributed by atoms with Crippen LogP contribution in [-0.4, -0.2) is 19.1 Å². The van der Waals surface area contributed by atoms with Crippen LogP contribution in [0.3, 0.4) is 0 Å². The Labute approximate surface area is 124 Å². The summed E-state index contributed by atoms with van der Waals surface area (Å²) in [7, 11) is 0. The lowest BCUT2D eigenvalue weighted by Crippen LogP contribution is -2.38. The number of rotatable bonds is 9. The van der Waals surface area contributed by atoms with Gasteiger partial charge in [-0.1, -0.05) is 47.0 Å². The molecule has 118 valence electrons. The van der Waals surface area contributed by atoms with Gasteiger partial charge in [0.2, 0.25) is 0 Å². The van der Waals surface area contributed by atoms with Crippen LogP contribution in [0.25, 0.3) is 0 Å². The molecule has 1 aliphatic carbocycles. The second kappa shape index (κ2) is 6.93. The van der Waals surface area contributed by atoms with Gasteiger partial charge in [-0.05, 0) is 37.0 Å². The molecule has 0 bridgehead atoms. The summed E-state index contributed by atoms with van der Waals surface area (Å²) in [6.07, 6.45) is 5.48. The minimum Gasteiger partial charge on any atom is -0.464 e. The van der Waals surface area contributed by atoms with Crippen LogP contribution in [0.4, 0.5) is 0 Å². The van der Waals surface area contributed by atoms with E-state index in [9.17, 15) is 4.79 Å². The molecule has 3 unspecified atom stereocenters. The first-order chi connectivity index (χ1) is 9.36. The van der Waals surface area contributed by atoms with Crippen molar-refractivity contribution in [1.82, 2.24) is 0 Å². The van der Waals surface area contributed by atoms with Crippen molar-refractivity contribution in [2.45, 2.75) is 66.7 Å². The smallest absolute Gasteiger partial charge is 0.312 e. The molecule has 0 amide bonds. The number of ether oxygens (including phenoxy) is 1. The lowest BCUT2D eigenvalue weighted by Gasteiger charge is -2.38. The van der Waals surface area contributed by atoms with E-state index in [2.05, 4.69) is 34.6 Å². The molecule has 3 nitrogen and oxygen atoms in total. The second-order valence-corrected chi connectivity index (χ2v) is 7.05. The fourth-order valence-electron chi connectivity index (χ4n) is 3.54. The van der Waals surface area contributed by atoms with Gasteiger partial charge in [0.25, 0.3) is 0 Å². The van der Waals surface area contributed by atoms with Crippen LogP contribution in [-0.2, 0) is 9.53 Å². The normalized spacial score (nSPS) is 25.1. The van der Waals surface area contributed by atoms with Crippen molar-refractivity contribution in [2.24, 2.45) is 28.4 Å². The summed E-state index contributed by atoms with van der Waals surface area (Å²) in [5.41, 5.74) is 5.35. The molecule has 3 atom stereocenters. The van der Waals surface area contributed by atoms with Crippen LogP contribution in [0.15, 0.2) is 0 Å². The number of carbonyl (C=O) groups excluding carboxylic acids is 1. The van der Waals surface area contributed by atoms with Crippen LogP contribution in [0.2, 0.25) is 0 Å². The van der Waals surface area contributed by atoms with Gasteiger partial charge < -0.3 is 10.5 Å². The average Bonchev–Trinajstić information content (AvgIpc) is 3.24. The highest BCUT2D eigenvalue weighted by Gasteiger charge is 2.55. The van der Waals surface area contributed by atoms with Gasteiger partial charge in [-0.3, -0.25) is 4.79 Å². The Morgan fingerprint density at radius 1 is 1.25 bits per heavy atom. The molecule has 2 N–H and O–H groups in total. The van der Waals surface area contributed by atoms with Crippen LogP contribution in [0, 0.1) is 22.7 Å². The molecule has 1 saturated carbocycles. The number of hydrogen-bond acceptors (Lipinski definition) is 3. The Balaban J connectivity index is 2.87. The summed E-state index contributed by atoms with van der Waals surface area (Å²) in [5, 5.41) is 0. The lowest BCUT2D eigenvalue weighted by molar-refractivity contribution is -0.158. The van der Waals surface area contributed by atoms with Crippen molar-refractivity contribution >= 4 is 5.97 Å².